The first-order valence-corrected chi connectivity index (χ1v) is 11.3. The van der Waals surface area contributed by atoms with E-state index >= 15 is 0 Å². The number of aromatic nitrogens is 3. The van der Waals surface area contributed by atoms with Gasteiger partial charge in [0.1, 0.15) is 0 Å². The molecule has 4 heteroatoms. The average molecular weight is 438 g/mol. The van der Waals surface area contributed by atoms with E-state index < -0.39 is 0 Å². The van der Waals surface area contributed by atoms with Crippen molar-refractivity contribution < 1.29 is 4.52 Å². The molecular weight excluding hydrogens is 418 g/mol. The van der Waals surface area contributed by atoms with Gasteiger partial charge in [-0.2, -0.15) is 4.98 Å². The molecule has 160 valence electrons. The van der Waals surface area contributed by atoms with Crippen LogP contribution in [0, 0.1) is 0 Å². The van der Waals surface area contributed by atoms with Crippen molar-refractivity contribution in [2.24, 2.45) is 0 Å². The first-order chi connectivity index (χ1) is 16.9. The van der Waals surface area contributed by atoms with E-state index in [1.54, 1.807) is 0 Å². The Bertz CT molecular complexity index is 1750. The Hall–Kier alpha value is -4.70. The minimum absolute atomic E-state index is 0.511. The molecule has 0 unspecified atom stereocenters. The Morgan fingerprint density at radius 1 is 0.559 bits per heavy atom. The highest BCUT2D eigenvalue weighted by Crippen LogP contribution is 2.33. The van der Waals surface area contributed by atoms with Gasteiger partial charge in [0.05, 0.1) is 11.0 Å². The number of hydrogen-bond donors (Lipinski definition) is 0. The van der Waals surface area contributed by atoms with Gasteiger partial charge in [-0.05, 0) is 47.2 Å². The Balaban J connectivity index is 1.30. The first kappa shape index (κ1) is 18.8. The van der Waals surface area contributed by atoms with Crippen molar-refractivity contribution in [2.75, 3.05) is 0 Å². The van der Waals surface area contributed by atoms with E-state index in [1.165, 1.54) is 21.8 Å². The third-order valence-corrected chi connectivity index (χ3v) is 6.41. The number of fused-ring (bicyclic) bond motifs is 4. The second-order valence-corrected chi connectivity index (χ2v) is 8.37. The third-order valence-electron chi connectivity index (χ3n) is 6.41. The Kier molecular flexibility index (Phi) is 4.11. The monoisotopic (exact) mass is 437 g/mol. The average Bonchev–Trinajstić information content (AvgIpc) is 3.52. The molecule has 0 aliphatic heterocycles. The number of benzene rings is 5. The highest BCUT2D eigenvalue weighted by molar-refractivity contribution is 6.09. The predicted molar refractivity (Wildman–Crippen MR) is 137 cm³/mol. The topological polar surface area (TPSA) is 43.9 Å². The summed E-state index contributed by atoms with van der Waals surface area (Å²) in [6, 6.07) is 39.7. The van der Waals surface area contributed by atoms with Crippen LogP contribution in [0.25, 0.3) is 61.1 Å². The smallest absolute Gasteiger partial charge is 0.258 e. The second kappa shape index (κ2) is 7.42. The molecule has 0 N–H and O–H groups in total. The van der Waals surface area contributed by atoms with Gasteiger partial charge >= 0.3 is 0 Å². The number of hydrogen-bond acceptors (Lipinski definition) is 3. The van der Waals surface area contributed by atoms with Crippen LogP contribution < -0.4 is 0 Å². The lowest BCUT2D eigenvalue weighted by atomic mass is 10.0. The fourth-order valence-electron chi connectivity index (χ4n) is 4.82. The number of para-hydroxylation sites is 2. The van der Waals surface area contributed by atoms with Gasteiger partial charge < -0.3 is 9.09 Å². The van der Waals surface area contributed by atoms with E-state index in [1.807, 2.05) is 36.4 Å². The van der Waals surface area contributed by atoms with Crippen LogP contribution in [0.3, 0.4) is 0 Å². The largest absolute Gasteiger partial charge is 0.334 e. The van der Waals surface area contributed by atoms with Crippen molar-refractivity contribution in [1.29, 1.82) is 0 Å². The lowest BCUT2D eigenvalue weighted by Gasteiger charge is -2.08. The molecule has 34 heavy (non-hydrogen) atoms. The summed E-state index contributed by atoms with van der Waals surface area (Å²) in [5.41, 5.74) is 5.33. The van der Waals surface area contributed by atoms with Crippen molar-refractivity contribution in [3.63, 3.8) is 0 Å². The van der Waals surface area contributed by atoms with Crippen molar-refractivity contribution in [3.05, 3.63) is 115 Å². The fraction of sp³-hybridized carbons (Fsp3) is 0. The van der Waals surface area contributed by atoms with Gasteiger partial charge in [-0.3, -0.25) is 0 Å². The van der Waals surface area contributed by atoms with Gasteiger partial charge in [0, 0.05) is 27.6 Å². The molecule has 0 saturated carbocycles. The maximum absolute atomic E-state index is 5.66. The molecule has 0 aliphatic carbocycles. The molecule has 0 bridgehead atoms. The zero-order valence-electron chi connectivity index (χ0n) is 18.2. The lowest BCUT2D eigenvalue weighted by molar-refractivity contribution is 0.432. The van der Waals surface area contributed by atoms with Crippen LogP contribution in [0.2, 0.25) is 0 Å². The van der Waals surface area contributed by atoms with Gasteiger partial charge in [-0.25, -0.2) is 0 Å². The molecule has 4 nitrogen and oxygen atoms in total. The summed E-state index contributed by atoms with van der Waals surface area (Å²) in [6.07, 6.45) is 0. The first-order valence-electron chi connectivity index (χ1n) is 11.3. The Morgan fingerprint density at radius 3 is 1.91 bits per heavy atom. The quantitative estimate of drug-likeness (QED) is 0.285. The SMILES string of the molecule is c1ccc2c(-c3noc(-c4ccc(-n5c6ccccc6c6ccccc65)cc4)n3)cccc2c1. The van der Waals surface area contributed by atoms with E-state index in [4.69, 9.17) is 9.51 Å². The molecule has 0 radical (unpaired) electrons. The molecule has 7 aromatic rings. The Labute approximate surface area is 195 Å². The van der Waals surface area contributed by atoms with E-state index in [-0.39, 0.29) is 0 Å². The van der Waals surface area contributed by atoms with E-state index in [9.17, 15) is 0 Å². The summed E-state index contributed by atoms with van der Waals surface area (Å²) in [7, 11) is 0. The van der Waals surface area contributed by atoms with E-state index in [0.29, 0.717) is 11.7 Å². The molecule has 0 aliphatic rings. The van der Waals surface area contributed by atoms with Gasteiger partial charge in [0.25, 0.3) is 5.89 Å². The second-order valence-electron chi connectivity index (χ2n) is 8.37. The molecule has 0 amide bonds. The van der Waals surface area contributed by atoms with Crippen molar-refractivity contribution in [1.82, 2.24) is 14.7 Å². The highest BCUT2D eigenvalue weighted by atomic mass is 16.5. The predicted octanol–water partition coefficient (Wildman–Crippen LogP) is 7.65. The van der Waals surface area contributed by atoms with Crippen LogP contribution in [-0.4, -0.2) is 14.7 Å². The maximum atomic E-state index is 5.66. The summed E-state index contributed by atoms with van der Waals surface area (Å²) in [5.74, 6) is 1.11. The summed E-state index contributed by atoms with van der Waals surface area (Å²) in [4.78, 5) is 4.71. The van der Waals surface area contributed by atoms with Crippen LogP contribution in [0.5, 0.6) is 0 Å². The lowest BCUT2D eigenvalue weighted by Crippen LogP contribution is -1.93. The van der Waals surface area contributed by atoms with Gasteiger partial charge in [0.15, 0.2) is 0 Å². The van der Waals surface area contributed by atoms with E-state index in [0.717, 1.165) is 27.6 Å². The molecule has 0 spiro atoms. The van der Waals surface area contributed by atoms with Crippen molar-refractivity contribution in [2.45, 2.75) is 0 Å². The molecule has 5 aromatic carbocycles. The van der Waals surface area contributed by atoms with Crippen LogP contribution in [0.15, 0.2) is 120 Å². The minimum atomic E-state index is 0.511. The molecule has 7 rings (SSSR count). The van der Waals surface area contributed by atoms with Gasteiger partial charge in [-0.15, -0.1) is 0 Å². The van der Waals surface area contributed by atoms with Crippen LogP contribution >= 0.6 is 0 Å². The molecule has 2 heterocycles. The van der Waals surface area contributed by atoms with Gasteiger partial charge in [-0.1, -0.05) is 84.0 Å². The van der Waals surface area contributed by atoms with E-state index in [2.05, 4.69) is 88.6 Å². The fourth-order valence-corrected chi connectivity index (χ4v) is 4.82. The normalized spacial score (nSPS) is 11.5. The van der Waals surface area contributed by atoms with Crippen molar-refractivity contribution in [3.8, 4) is 28.5 Å². The molecule has 0 atom stereocenters. The zero-order chi connectivity index (χ0) is 22.5. The van der Waals surface area contributed by atoms with Crippen LogP contribution in [0.4, 0.5) is 0 Å². The van der Waals surface area contributed by atoms with Gasteiger partial charge in [0.2, 0.25) is 5.82 Å². The standard InChI is InChI=1S/C30H19N3O/c1-2-10-23-20(8-1)9-7-13-26(23)29-31-30(34-32-29)21-16-18-22(19-17-21)33-27-14-5-3-11-24(27)25-12-4-6-15-28(25)33/h1-19H. The maximum Gasteiger partial charge on any atom is 0.258 e. The minimum Gasteiger partial charge on any atom is -0.334 e. The summed E-state index contributed by atoms with van der Waals surface area (Å²) < 4.78 is 7.95. The van der Waals surface area contributed by atoms with Crippen LogP contribution in [0.1, 0.15) is 0 Å². The summed E-state index contributed by atoms with van der Waals surface area (Å²) in [6.45, 7) is 0. The zero-order valence-corrected chi connectivity index (χ0v) is 18.2. The molecule has 2 aromatic heterocycles. The molecule has 0 fully saturated rings. The molecule has 0 saturated heterocycles. The third kappa shape index (κ3) is 2.86. The van der Waals surface area contributed by atoms with Crippen molar-refractivity contribution >= 4 is 32.6 Å². The number of nitrogens with zero attached hydrogens (tertiary/aromatic N) is 3. The highest BCUT2D eigenvalue weighted by Gasteiger charge is 2.15. The van der Waals surface area contributed by atoms with Crippen LogP contribution in [-0.2, 0) is 0 Å². The Morgan fingerprint density at radius 2 is 1.18 bits per heavy atom. The summed E-state index contributed by atoms with van der Waals surface area (Å²) >= 11 is 0. The number of rotatable bonds is 3. The summed E-state index contributed by atoms with van der Waals surface area (Å²) in [5, 5.41) is 9.04. The molecular formula is C30H19N3O.